The van der Waals surface area contributed by atoms with Crippen LogP contribution in [0.4, 0.5) is 0 Å². The summed E-state index contributed by atoms with van der Waals surface area (Å²) in [6.07, 6.45) is 3.50. The van der Waals surface area contributed by atoms with E-state index >= 15 is 0 Å². The lowest BCUT2D eigenvalue weighted by molar-refractivity contribution is 1.35. The van der Waals surface area contributed by atoms with Gasteiger partial charge < -0.3 is 0 Å². The molecular weight excluding hydrogens is 218 g/mol. The van der Waals surface area contributed by atoms with E-state index in [1.165, 1.54) is 0 Å². The largest absolute Gasteiger partial charge is 0.265 e. The number of nitrogens with zero attached hydrogens (tertiary/aromatic N) is 1. The van der Waals surface area contributed by atoms with Crippen molar-refractivity contribution in [2.75, 3.05) is 0 Å². The van der Waals surface area contributed by atoms with Crippen LogP contribution in [-0.2, 0) is 0 Å². The molecule has 0 N–H and O–H groups in total. The van der Waals surface area contributed by atoms with Crippen LogP contribution in [0.3, 0.4) is 0 Å². The second-order valence-electron chi connectivity index (χ2n) is 3.33. The van der Waals surface area contributed by atoms with Crippen molar-refractivity contribution in [1.82, 2.24) is 4.98 Å². The first-order valence-corrected chi connectivity index (χ1v) is 5.85. The Bertz CT molecular complexity index is 296. The van der Waals surface area contributed by atoms with Crippen molar-refractivity contribution < 1.29 is 0 Å². The molecule has 0 amide bonds. The molecule has 90 valence electrons. The highest BCUT2D eigenvalue weighted by molar-refractivity contribution is 4.98. The van der Waals surface area contributed by atoms with Gasteiger partial charge in [0.15, 0.2) is 0 Å². The van der Waals surface area contributed by atoms with Crippen LogP contribution in [0, 0.1) is 0 Å². The van der Waals surface area contributed by atoms with Crippen LogP contribution in [0.25, 0.3) is 0 Å². The van der Waals surface area contributed by atoms with Gasteiger partial charge in [0.05, 0.1) is 0 Å². The molecule has 0 bridgehead atoms. The quantitative estimate of drug-likeness (QED) is 0.647. The molecule has 0 aliphatic heterocycles. The van der Waals surface area contributed by atoms with E-state index in [1.807, 2.05) is 91.0 Å². The van der Waals surface area contributed by atoms with E-state index in [1.54, 1.807) is 12.4 Å². The molecule has 0 aliphatic carbocycles. The summed E-state index contributed by atoms with van der Waals surface area (Å²) in [5.74, 6) is 0. The summed E-state index contributed by atoms with van der Waals surface area (Å²) in [5, 5.41) is 0. The van der Waals surface area contributed by atoms with Crippen molar-refractivity contribution in [3.63, 3.8) is 0 Å². The van der Waals surface area contributed by atoms with Crippen LogP contribution in [0.5, 0.6) is 0 Å². The normalized spacial score (nSPS) is 8.00. The molecule has 0 atom stereocenters. The molecule has 1 heterocycles. The Morgan fingerprint density at radius 2 is 0.500 bits per heavy atom. The highest BCUT2D eigenvalue weighted by atomic mass is 14.6. The maximum absolute atomic E-state index is 4.09. The summed E-state index contributed by atoms with van der Waals surface area (Å²) in [5.41, 5.74) is 0. The topological polar surface area (TPSA) is 12.9 Å². The average molecular weight is 235 g/mol. The van der Waals surface area contributed by atoms with Crippen molar-refractivity contribution >= 4 is 0 Å². The molecular formula is C17H17N. The number of rotatable bonds is 0. The van der Waals surface area contributed by atoms with Gasteiger partial charge >= 0.3 is 0 Å². The number of aromatic nitrogens is 1. The van der Waals surface area contributed by atoms with E-state index in [0.29, 0.717) is 0 Å². The maximum atomic E-state index is 4.09. The smallest absolute Gasteiger partial charge is 0.0267 e. The van der Waals surface area contributed by atoms with E-state index < -0.39 is 0 Å². The molecule has 0 fully saturated rings. The Hall–Kier alpha value is -2.41. The van der Waals surface area contributed by atoms with Gasteiger partial charge in [-0.1, -0.05) is 78.9 Å². The first-order chi connectivity index (χ1) is 9.00. The molecule has 0 saturated carbocycles. The fourth-order valence-corrected chi connectivity index (χ4v) is 1.08. The van der Waals surface area contributed by atoms with Crippen LogP contribution >= 0.6 is 0 Å². The summed E-state index contributed by atoms with van der Waals surface area (Å²) < 4.78 is 0. The van der Waals surface area contributed by atoms with E-state index in [0.717, 1.165) is 0 Å². The number of hydrogen-bond acceptors (Lipinski definition) is 1. The van der Waals surface area contributed by atoms with Gasteiger partial charge in [0.25, 0.3) is 0 Å². The Kier molecular flexibility index (Phi) is 8.41. The van der Waals surface area contributed by atoms with Crippen molar-refractivity contribution in [2.45, 2.75) is 0 Å². The van der Waals surface area contributed by atoms with E-state index in [-0.39, 0.29) is 0 Å². The van der Waals surface area contributed by atoms with Crippen LogP contribution in [0.2, 0.25) is 0 Å². The zero-order valence-corrected chi connectivity index (χ0v) is 10.3. The third-order valence-corrected chi connectivity index (χ3v) is 1.90. The molecule has 0 spiro atoms. The highest BCUT2D eigenvalue weighted by Crippen LogP contribution is 1.79. The van der Waals surface area contributed by atoms with Gasteiger partial charge in [-0.15, -0.1) is 0 Å². The second kappa shape index (κ2) is 11.1. The lowest BCUT2D eigenvalue weighted by atomic mass is 10.4. The first kappa shape index (κ1) is 13.7. The van der Waals surface area contributed by atoms with Crippen molar-refractivity contribution in [3.05, 3.63) is 103 Å². The fourth-order valence-electron chi connectivity index (χ4n) is 1.08. The maximum Gasteiger partial charge on any atom is 0.0267 e. The Morgan fingerprint density at radius 3 is 0.778 bits per heavy atom. The SMILES string of the molecule is c1ccccccccncccccccc1. The van der Waals surface area contributed by atoms with E-state index in [4.69, 9.17) is 0 Å². The van der Waals surface area contributed by atoms with Crippen LogP contribution in [-0.4, -0.2) is 4.98 Å². The lowest BCUT2D eigenvalue weighted by Crippen LogP contribution is -1.55. The summed E-state index contributed by atoms with van der Waals surface area (Å²) in [7, 11) is 0. The summed E-state index contributed by atoms with van der Waals surface area (Å²) >= 11 is 0. The fraction of sp³-hybridized carbons (Fsp3) is 0. The van der Waals surface area contributed by atoms with Gasteiger partial charge in [-0.25, -0.2) is 0 Å². The van der Waals surface area contributed by atoms with Gasteiger partial charge in [-0.2, -0.15) is 0 Å². The van der Waals surface area contributed by atoms with Gasteiger partial charge in [0.2, 0.25) is 0 Å². The molecule has 1 aromatic rings. The monoisotopic (exact) mass is 235 g/mol. The van der Waals surface area contributed by atoms with Gasteiger partial charge in [0, 0.05) is 12.4 Å². The molecule has 0 radical (unpaired) electrons. The van der Waals surface area contributed by atoms with Crippen molar-refractivity contribution in [1.29, 1.82) is 0 Å². The zero-order valence-electron chi connectivity index (χ0n) is 10.3. The molecule has 0 aliphatic rings. The third-order valence-electron chi connectivity index (χ3n) is 1.90. The first-order valence-electron chi connectivity index (χ1n) is 5.85. The minimum absolute atomic E-state index is 1.75. The van der Waals surface area contributed by atoms with Gasteiger partial charge in [0.1, 0.15) is 0 Å². The Labute approximate surface area is 109 Å². The van der Waals surface area contributed by atoms with Crippen molar-refractivity contribution in [3.8, 4) is 0 Å². The van der Waals surface area contributed by atoms with Crippen LogP contribution in [0.1, 0.15) is 0 Å². The standard InChI is InChI=1S/C17H17N/c1-2-4-6-8-10-12-14-16-18-17-15-13-11-9-7-5-3-1/h1-17H. The average Bonchev–Trinajstić information content (AvgIpc) is 2.39. The highest BCUT2D eigenvalue weighted by Gasteiger charge is 1.59. The van der Waals surface area contributed by atoms with E-state index in [9.17, 15) is 0 Å². The second-order valence-corrected chi connectivity index (χ2v) is 3.33. The van der Waals surface area contributed by atoms with Crippen LogP contribution < -0.4 is 0 Å². The lowest BCUT2D eigenvalue weighted by Gasteiger charge is -1.70. The van der Waals surface area contributed by atoms with Crippen LogP contribution in [0.15, 0.2) is 103 Å². The Morgan fingerprint density at radius 1 is 0.278 bits per heavy atom. The summed E-state index contributed by atoms with van der Waals surface area (Å²) in [6, 6.07) is 29.4. The predicted octanol–water partition coefficient (Wildman–Crippen LogP) is 4.45. The van der Waals surface area contributed by atoms with Gasteiger partial charge in [-0.05, 0) is 12.1 Å². The summed E-state index contributed by atoms with van der Waals surface area (Å²) in [6.45, 7) is 0. The minimum atomic E-state index is 1.75. The predicted molar refractivity (Wildman–Crippen MR) is 77.1 cm³/mol. The van der Waals surface area contributed by atoms with Crippen molar-refractivity contribution in [2.24, 2.45) is 0 Å². The minimum Gasteiger partial charge on any atom is -0.265 e. The molecule has 1 nitrogen and oxygen atoms in total. The van der Waals surface area contributed by atoms with E-state index in [2.05, 4.69) is 4.98 Å². The summed E-state index contributed by atoms with van der Waals surface area (Å²) in [4.78, 5) is 4.09. The molecule has 0 aromatic carbocycles. The molecule has 1 heteroatoms. The third kappa shape index (κ3) is 8.86. The molecule has 0 unspecified atom stereocenters. The molecule has 1 aromatic heterocycles. The molecule has 0 saturated heterocycles. The zero-order chi connectivity index (χ0) is 12.7. The van der Waals surface area contributed by atoms with Gasteiger partial charge in [-0.3, -0.25) is 4.98 Å². The molecule has 1 rings (SSSR count). The molecule has 18 heavy (non-hydrogen) atoms. The number of hydrogen-bond donors (Lipinski definition) is 0. The Balaban J connectivity index is 3.00.